The molecule has 3 rings (SSSR count). The van der Waals surface area contributed by atoms with Crippen LogP contribution in [0.3, 0.4) is 0 Å². The predicted octanol–water partition coefficient (Wildman–Crippen LogP) is 1.44. The van der Waals surface area contributed by atoms with E-state index >= 15 is 0 Å². The Kier molecular flexibility index (Phi) is 2.81. The highest BCUT2D eigenvalue weighted by atomic mass is 16.1. The molecule has 5 nitrogen and oxygen atoms in total. The summed E-state index contributed by atoms with van der Waals surface area (Å²) in [6.45, 7) is 0.172. The van der Waals surface area contributed by atoms with Crippen molar-refractivity contribution in [2.75, 3.05) is 0 Å². The molecular formula is C14H12N4O. The Bertz CT molecular complexity index is 789. The van der Waals surface area contributed by atoms with Crippen molar-refractivity contribution >= 4 is 10.8 Å². The lowest BCUT2D eigenvalue weighted by atomic mass is 10.1. The zero-order valence-corrected chi connectivity index (χ0v) is 10.1. The van der Waals surface area contributed by atoms with Crippen molar-refractivity contribution in [3.8, 4) is 11.5 Å². The molecule has 2 aromatic heterocycles. The summed E-state index contributed by atoms with van der Waals surface area (Å²) >= 11 is 0. The van der Waals surface area contributed by atoms with Crippen molar-refractivity contribution in [2.24, 2.45) is 5.73 Å². The van der Waals surface area contributed by atoms with Gasteiger partial charge in [0, 0.05) is 29.9 Å². The maximum absolute atomic E-state index is 11.8. The molecule has 0 bridgehead atoms. The van der Waals surface area contributed by atoms with Gasteiger partial charge in [-0.1, -0.05) is 24.3 Å². The average molecular weight is 252 g/mol. The zero-order chi connectivity index (χ0) is 13.2. The molecule has 0 amide bonds. The second-order valence-corrected chi connectivity index (χ2v) is 4.17. The second-order valence-electron chi connectivity index (χ2n) is 4.17. The zero-order valence-electron chi connectivity index (χ0n) is 10.1. The second kappa shape index (κ2) is 4.62. The Morgan fingerprint density at radius 2 is 2.00 bits per heavy atom. The third kappa shape index (κ3) is 2.00. The molecule has 0 aliphatic rings. The first-order valence-corrected chi connectivity index (χ1v) is 5.92. The van der Waals surface area contributed by atoms with Gasteiger partial charge in [-0.05, 0) is 11.5 Å². The fourth-order valence-corrected chi connectivity index (χ4v) is 2.00. The third-order valence-electron chi connectivity index (χ3n) is 2.99. The Morgan fingerprint density at radius 3 is 2.79 bits per heavy atom. The van der Waals surface area contributed by atoms with Gasteiger partial charge in [-0.15, -0.1) is 0 Å². The van der Waals surface area contributed by atoms with E-state index < -0.39 is 0 Å². The molecule has 0 saturated carbocycles. The Balaban J connectivity index is 2.25. The van der Waals surface area contributed by atoms with Crippen LogP contribution in [0.2, 0.25) is 0 Å². The van der Waals surface area contributed by atoms with Crippen LogP contribution in [0.15, 0.2) is 47.5 Å². The number of benzene rings is 1. The van der Waals surface area contributed by atoms with Crippen LogP contribution in [0, 0.1) is 0 Å². The molecule has 2 heterocycles. The van der Waals surface area contributed by atoms with Gasteiger partial charge in [-0.3, -0.25) is 9.78 Å². The first kappa shape index (κ1) is 11.6. The standard InChI is InChI=1S/C14H12N4O/c15-7-10-8-17-13(18-14(10)19)12-11-4-2-1-3-9(11)5-6-16-12/h1-6,8H,7,15H2,(H,17,18,19). The molecule has 0 saturated heterocycles. The van der Waals surface area contributed by atoms with Crippen molar-refractivity contribution in [2.45, 2.75) is 6.54 Å². The summed E-state index contributed by atoms with van der Waals surface area (Å²) in [6.07, 6.45) is 3.20. The number of H-pyrrole nitrogens is 1. The minimum absolute atomic E-state index is 0.172. The fourth-order valence-electron chi connectivity index (χ4n) is 2.00. The highest BCUT2D eigenvalue weighted by molar-refractivity contribution is 5.92. The lowest BCUT2D eigenvalue weighted by Gasteiger charge is -2.05. The molecule has 3 aromatic rings. The Morgan fingerprint density at radius 1 is 1.16 bits per heavy atom. The number of fused-ring (bicyclic) bond motifs is 1. The van der Waals surface area contributed by atoms with Crippen molar-refractivity contribution in [3.63, 3.8) is 0 Å². The number of nitrogens with two attached hydrogens (primary N) is 1. The van der Waals surface area contributed by atoms with Crippen LogP contribution >= 0.6 is 0 Å². The largest absolute Gasteiger partial charge is 0.326 e. The van der Waals surface area contributed by atoms with E-state index in [0.29, 0.717) is 17.1 Å². The molecule has 0 aliphatic carbocycles. The van der Waals surface area contributed by atoms with E-state index in [1.807, 2.05) is 30.3 Å². The van der Waals surface area contributed by atoms with Gasteiger partial charge in [0.05, 0.1) is 0 Å². The van der Waals surface area contributed by atoms with Crippen LogP contribution in [-0.2, 0) is 6.54 Å². The summed E-state index contributed by atoms with van der Waals surface area (Å²) < 4.78 is 0. The molecule has 0 aliphatic heterocycles. The van der Waals surface area contributed by atoms with Gasteiger partial charge in [0.15, 0.2) is 5.82 Å². The van der Waals surface area contributed by atoms with Crippen LogP contribution in [0.5, 0.6) is 0 Å². The lowest BCUT2D eigenvalue weighted by molar-refractivity contribution is 0.976. The first-order valence-electron chi connectivity index (χ1n) is 5.92. The van der Waals surface area contributed by atoms with Crippen molar-refractivity contribution in [3.05, 3.63) is 58.6 Å². The molecule has 0 fully saturated rings. The molecule has 0 spiro atoms. The monoisotopic (exact) mass is 252 g/mol. The molecule has 5 heteroatoms. The van der Waals surface area contributed by atoms with E-state index in [1.54, 1.807) is 6.20 Å². The van der Waals surface area contributed by atoms with Crippen molar-refractivity contribution in [1.82, 2.24) is 15.0 Å². The van der Waals surface area contributed by atoms with Crippen LogP contribution in [0.1, 0.15) is 5.56 Å². The van der Waals surface area contributed by atoms with Crippen molar-refractivity contribution < 1.29 is 0 Å². The maximum atomic E-state index is 11.8. The van der Waals surface area contributed by atoms with Gasteiger partial charge < -0.3 is 10.7 Å². The number of aromatic nitrogens is 3. The van der Waals surface area contributed by atoms with E-state index in [4.69, 9.17) is 5.73 Å². The molecule has 1 aromatic carbocycles. The van der Waals surface area contributed by atoms with E-state index in [0.717, 1.165) is 10.8 Å². The van der Waals surface area contributed by atoms with E-state index in [2.05, 4.69) is 15.0 Å². The number of nitrogens with one attached hydrogen (secondary N) is 1. The van der Waals surface area contributed by atoms with Crippen LogP contribution in [0.25, 0.3) is 22.3 Å². The highest BCUT2D eigenvalue weighted by Gasteiger charge is 2.08. The summed E-state index contributed by atoms with van der Waals surface area (Å²) in [5.74, 6) is 0.457. The average Bonchev–Trinajstić information content (AvgIpc) is 2.46. The van der Waals surface area contributed by atoms with Gasteiger partial charge in [-0.25, -0.2) is 4.98 Å². The SMILES string of the molecule is NCc1cnc(-c2nccc3ccccc23)[nH]c1=O. The minimum Gasteiger partial charge on any atom is -0.326 e. The van der Waals surface area contributed by atoms with E-state index in [-0.39, 0.29) is 12.1 Å². The number of aromatic amines is 1. The molecule has 3 N–H and O–H groups in total. The molecular weight excluding hydrogens is 240 g/mol. The van der Waals surface area contributed by atoms with Gasteiger partial charge >= 0.3 is 0 Å². The van der Waals surface area contributed by atoms with Crippen molar-refractivity contribution in [1.29, 1.82) is 0 Å². The van der Waals surface area contributed by atoms with E-state index in [9.17, 15) is 4.79 Å². The first-order chi connectivity index (χ1) is 9.29. The Labute approximate surface area is 109 Å². The minimum atomic E-state index is -0.220. The fraction of sp³-hybridized carbons (Fsp3) is 0.0714. The summed E-state index contributed by atoms with van der Waals surface area (Å²) in [7, 11) is 0. The van der Waals surface area contributed by atoms with E-state index in [1.165, 1.54) is 6.20 Å². The Hall–Kier alpha value is -2.53. The van der Waals surface area contributed by atoms with Gasteiger partial charge in [0.1, 0.15) is 5.69 Å². The molecule has 0 atom stereocenters. The smallest absolute Gasteiger partial charge is 0.255 e. The number of rotatable bonds is 2. The molecule has 0 radical (unpaired) electrons. The summed E-state index contributed by atoms with van der Waals surface area (Å²) in [4.78, 5) is 23.0. The van der Waals surface area contributed by atoms with Crippen LogP contribution in [-0.4, -0.2) is 15.0 Å². The summed E-state index contributed by atoms with van der Waals surface area (Å²) in [5.41, 5.74) is 6.36. The summed E-state index contributed by atoms with van der Waals surface area (Å²) in [5, 5.41) is 2.01. The predicted molar refractivity (Wildman–Crippen MR) is 73.5 cm³/mol. The number of nitrogens with zero attached hydrogens (tertiary/aromatic N) is 2. The topological polar surface area (TPSA) is 84.7 Å². The lowest BCUT2D eigenvalue weighted by Crippen LogP contribution is -2.17. The number of pyridine rings is 1. The molecule has 0 unspecified atom stereocenters. The number of hydrogen-bond donors (Lipinski definition) is 2. The maximum Gasteiger partial charge on any atom is 0.255 e. The third-order valence-corrected chi connectivity index (χ3v) is 2.99. The van der Waals surface area contributed by atoms with Crippen LogP contribution in [0.4, 0.5) is 0 Å². The molecule has 19 heavy (non-hydrogen) atoms. The van der Waals surface area contributed by atoms with Gasteiger partial charge in [0.2, 0.25) is 0 Å². The molecule has 94 valence electrons. The van der Waals surface area contributed by atoms with Gasteiger partial charge in [-0.2, -0.15) is 0 Å². The van der Waals surface area contributed by atoms with Gasteiger partial charge in [0.25, 0.3) is 5.56 Å². The normalized spacial score (nSPS) is 10.8. The highest BCUT2D eigenvalue weighted by Crippen LogP contribution is 2.22. The number of hydrogen-bond acceptors (Lipinski definition) is 4. The quantitative estimate of drug-likeness (QED) is 0.722. The van der Waals surface area contributed by atoms with Crippen LogP contribution < -0.4 is 11.3 Å². The summed E-state index contributed by atoms with van der Waals surface area (Å²) in [6, 6.07) is 9.76.